The molecular formula is C31H37N3O5. The number of rotatable bonds is 9. The molecule has 1 saturated heterocycles. The lowest BCUT2D eigenvalue weighted by molar-refractivity contribution is -0.154. The minimum Gasteiger partial charge on any atom is -0.459 e. The number of allylic oxidation sites excluding steroid dienone is 1. The summed E-state index contributed by atoms with van der Waals surface area (Å²) in [6.45, 7) is 5.82. The maximum absolute atomic E-state index is 13.7. The van der Waals surface area contributed by atoms with E-state index in [9.17, 15) is 9.59 Å². The van der Waals surface area contributed by atoms with Crippen molar-refractivity contribution in [2.75, 3.05) is 39.4 Å². The maximum atomic E-state index is 13.7. The van der Waals surface area contributed by atoms with Crippen LogP contribution in [0.25, 0.3) is 10.9 Å². The first kappa shape index (κ1) is 27.1. The van der Waals surface area contributed by atoms with Gasteiger partial charge in [-0.05, 0) is 36.1 Å². The average molecular weight is 532 g/mol. The molecule has 3 aromatic rings. The summed E-state index contributed by atoms with van der Waals surface area (Å²) in [7, 11) is 0. The van der Waals surface area contributed by atoms with Crippen LogP contribution in [0.1, 0.15) is 48.0 Å². The van der Waals surface area contributed by atoms with E-state index in [4.69, 9.17) is 14.6 Å². The smallest absolute Gasteiger partial charge is 0.288 e. The Bertz CT molecular complexity index is 1310. The summed E-state index contributed by atoms with van der Waals surface area (Å²) in [6, 6.07) is 18.2. The zero-order chi connectivity index (χ0) is 27.2. The number of aliphatic hydroxyl groups excluding tert-OH is 1. The van der Waals surface area contributed by atoms with Crippen molar-refractivity contribution in [1.29, 1.82) is 0 Å². The molecule has 8 heteroatoms. The van der Waals surface area contributed by atoms with Crippen molar-refractivity contribution < 1.29 is 24.2 Å². The molecule has 39 heavy (non-hydrogen) atoms. The second-order valence-corrected chi connectivity index (χ2v) is 10.3. The Labute approximate surface area is 229 Å². The molecule has 1 amide bonds. The molecular weight excluding hydrogens is 494 g/mol. The summed E-state index contributed by atoms with van der Waals surface area (Å²) in [4.78, 5) is 30.2. The van der Waals surface area contributed by atoms with Gasteiger partial charge in [0.05, 0.1) is 12.1 Å². The van der Waals surface area contributed by atoms with Gasteiger partial charge in [-0.15, -0.1) is 0 Å². The van der Waals surface area contributed by atoms with E-state index in [-0.39, 0.29) is 24.3 Å². The SMILES string of the molecule is CC(=O)n1cc([C@@H]2C=C(C(=O)N3CCN(Cc4ccccc4)CC3)O[C@H](OCCCCO)C2)c2ccccc21. The number of nitrogens with zero attached hydrogens (tertiary/aromatic N) is 3. The molecule has 0 radical (unpaired) electrons. The summed E-state index contributed by atoms with van der Waals surface area (Å²) >= 11 is 0. The molecule has 5 rings (SSSR count). The summed E-state index contributed by atoms with van der Waals surface area (Å²) in [5.41, 5.74) is 3.10. The molecule has 206 valence electrons. The lowest BCUT2D eigenvalue weighted by atomic mass is 9.92. The molecule has 0 bridgehead atoms. The van der Waals surface area contributed by atoms with Crippen molar-refractivity contribution >= 4 is 22.7 Å². The quantitative estimate of drug-likeness (QED) is 0.418. The van der Waals surface area contributed by atoms with E-state index in [2.05, 4.69) is 29.2 Å². The van der Waals surface area contributed by atoms with Gasteiger partial charge in [0.15, 0.2) is 5.76 Å². The fourth-order valence-corrected chi connectivity index (χ4v) is 5.42. The molecule has 2 aliphatic heterocycles. The average Bonchev–Trinajstić information content (AvgIpc) is 3.36. The number of aromatic nitrogens is 1. The molecule has 2 atom stereocenters. The van der Waals surface area contributed by atoms with Crippen LogP contribution in [0.2, 0.25) is 0 Å². The third-order valence-corrected chi connectivity index (χ3v) is 7.51. The number of ether oxygens (including phenoxy) is 2. The molecule has 3 heterocycles. The second-order valence-electron chi connectivity index (χ2n) is 10.3. The van der Waals surface area contributed by atoms with E-state index in [0.717, 1.165) is 36.1 Å². The molecule has 0 aliphatic carbocycles. The Balaban J connectivity index is 1.34. The van der Waals surface area contributed by atoms with Gasteiger partial charge in [0.2, 0.25) is 12.2 Å². The van der Waals surface area contributed by atoms with E-state index in [1.54, 1.807) is 11.5 Å². The zero-order valence-corrected chi connectivity index (χ0v) is 22.5. The van der Waals surface area contributed by atoms with Gasteiger partial charge < -0.3 is 19.5 Å². The van der Waals surface area contributed by atoms with Crippen LogP contribution in [0.5, 0.6) is 0 Å². The van der Waals surface area contributed by atoms with E-state index < -0.39 is 6.29 Å². The number of fused-ring (bicyclic) bond motifs is 1. The molecule has 0 spiro atoms. The molecule has 8 nitrogen and oxygen atoms in total. The van der Waals surface area contributed by atoms with Crippen molar-refractivity contribution in [2.24, 2.45) is 0 Å². The van der Waals surface area contributed by atoms with Gasteiger partial charge in [-0.2, -0.15) is 0 Å². The predicted molar refractivity (Wildman–Crippen MR) is 149 cm³/mol. The summed E-state index contributed by atoms with van der Waals surface area (Å²) in [5.74, 6) is -0.0340. The minimum absolute atomic E-state index is 0.0602. The summed E-state index contributed by atoms with van der Waals surface area (Å²) < 4.78 is 13.8. The fraction of sp³-hybridized carbons (Fsp3) is 0.419. The van der Waals surface area contributed by atoms with E-state index >= 15 is 0 Å². The first-order valence-corrected chi connectivity index (χ1v) is 13.8. The highest BCUT2D eigenvalue weighted by Crippen LogP contribution is 2.37. The minimum atomic E-state index is -0.587. The van der Waals surface area contributed by atoms with Crippen LogP contribution < -0.4 is 0 Å². The highest BCUT2D eigenvalue weighted by atomic mass is 16.7. The van der Waals surface area contributed by atoms with Gasteiger partial charge >= 0.3 is 0 Å². The topological polar surface area (TPSA) is 84.2 Å². The molecule has 1 aromatic heterocycles. The Morgan fingerprint density at radius 1 is 1.00 bits per heavy atom. The molecule has 0 unspecified atom stereocenters. The van der Waals surface area contributed by atoms with Gasteiger partial charge in [0.25, 0.3) is 5.91 Å². The number of carbonyl (C=O) groups excluding carboxylic acids is 2. The number of aliphatic hydroxyl groups is 1. The summed E-state index contributed by atoms with van der Waals surface area (Å²) in [6.07, 6.45) is 5.09. The molecule has 1 fully saturated rings. The van der Waals surface area contributed by atoms with Crippen LogP contribution in [-0.4, -0.2) is 77.0 Å². The van der Waals surface area contributed by atoms with Crippen molar-refractivity contribution in [2.45, 2.75) is 44.9 Å². The maximum Gasteiger partial charge on any atom is 0.288 e. The van der Waals surface area contributed by atoms with Gasteiger partial charge in [-0.3, -0.25) is 19.1 Å². The Morgan fingerprint density at radius 3 is 2.49 bits per heavy atom. The zero-order valence-electron chi connectivity index (χ0n) is 22.5. The Morgan fingerprint density at radius 2 is 1.74 bits per heavy atom. The van der Waals surface area contributed by atoms with Crippen LogP contribution in [0.3, 0.4) is 0 Å². The number of hydrogen-bond acceptors (Lipinski definition) is 6. The van der Waals surface area contributed by atoms with E-state index in [1.807, 2.05) is 47.5 Å². The van der Waals surface area contributed by atoms with Crippen molar-refractivity contribution in [3.05, 3.63) is 83.8 Å². The Kier molecular flexibility index (Phi) is 8.76. The summed E-state index contributed by atoms with van der Waals surface area (Å²) in [5, 5.41) is 10.1. The third-order valence-electron chi connectivity index (χ3n) is 7.51. The monoisotopic (exact) mass is 531 g/mol. The first-order chi connectivity index (χ1) is 19.0. The number of carbonyl (C=O) groups is 2. The third kappa shape index (κ3) is 6.41. The van der Waals surface area contributed by atoms with Gasteiger partial charge in [0.1, 0.15) is 0 Å². The molecule has 2 aliphatic rings. The molecule has 2 aromatic carbocycles. The van der Waals surface area contributed by atoms with Crippen LogP contribution in [-0.2, 0) is 20.8 Å². The normalized spacial score (nSPS) is 20.1. The van der Waals surface area contributed by atoms with Crippen molar-refractivity contribution in [3.8, 4) is 0 Å². The van der Waals surface area contributed by atoms with Crippen LogP contribution in [0, 0.1) is 0 Å². The van der Waals surface area contributed by atoms with Gasteiger partial charge in [-0.25, -0.2) is 0 Å². The number of piperazine rings is 1. The number of unbranched alkanes of at least 4 members (excludes halogenated alkanes) is 1. The van der Waals surface area contributed by atoms with Gasteiger partial charge in [0, 0.05) is 70.2 Å². The van der Waals surface area contributed by atoms with Gasteiger partial charge in [-0.1, -0.05) is 48.5 Å². The first-order valence-electron chi connectivity index (χ1n) is 13.8. The fourth-order valence-electron chi connectivity index (χ4n) is 5.42. The number of benzene rings is 2. The van der Waals surface area contributed by atoms with Crippen molar-refractivity contribution in [3.63, 3.8) is 0 Å². The van der Waals surface area contributed by atoms with Crippen LogP contribution in [0.15, 0.2) is 72.6 Å². The second kappa shape index (κ2) is 12.6. The largest absolute Gasteiger partial charge is 0.459 e. The molecule has 0 saturated carbocycles. The lowest BCUT2D eigenvalue weighted by Gasteiger charge is -2.36. The van der Waals surface area contributed by atoms with Crippen LogP contribution >= 0.6 is 0 Å². The molecule has 1 N–H and O–H groups in total. The highest BCUT2D eigenvalue weighted by Gasteiger charge is 2.33. The van der Waals surface area contributed by atoms with E-state index in [0.29, 0.717) is 44.7 Å². The van der Waals surface area contributed by atoms with Crippen LogP contribution in [0.4, 0.5) is 0 Å². The van der Waals surface area contributed by atoms with E-state index in [1.165, 1.54) is 5.56 Å². The van der Waals surface area contributed by atoms with Crippen molar-refractivity contribution in [1.82, 2.24) is 14.4 Å². The number of amides is 1. The highest BCUT2D eigenvalue weighted by molar-refractivity contribution is 5.95. The number of hydrogen-bond donors (Lipinski definition) is 1. The number of para-hydroxylation sites is 1. The lowest BCUT2D eigenvalue weighted by Crippen LogP contribution is -2.49. The standard InChI is InChI=1S/C31H37N3O5/c1-23(36)34-22-27(26-11-5-6-12-28(26)34)25-19-29(39-30(20-25)38-18-8-7-17-35)31(37)33-15-13-32(14-16-33)21-24-9-3-2-4-10-24/h2-6,9-12,19,22,25,30,35H,7-8,13-18,20-21H2,1H3/t25-,30+/m1/s1. The predicted octanol–water partition coefficient (Wildman–Crippen LogP) is 4.15. The Hall–Kier alpha value is -3.46.